The molecule has 184 valence electrons. The molecule has 0 amide bonds. The number of nitriles is 1. The third-order valence-electron chi connectivity index (χ3n) is 7.12. The smallest absolute Gasteiger partial charge is 0.164 e. The first-order valence-electron chi connectivity index (χ1n) is 12.7. The first kappa shape index (κ1) is 23.6. The lowest BCUT2D eigenvalue weighted by molar-refractivity contribution is 0.927. The van der Waals surface area contributed by atoms with Crippen LogP contribution in [-0.2, 0) is 0 Å². The van der Waals surface area contributed by atoms with Crippen molar-refractivity contribution in [3.05, 3.63) is 107 Å². The standard InChI is InChI=1S/C33H27N5/c1-19-14-20(2)32(21(3)15-19)24-11-13-28-27-8-6-7-9-30(27)38(31(28)16-24)26-12-10-25(18-34)29(17-26)33-36-22(4)35-23(5)37-33/h6-17H,1-5H3. The zero-order chi connectivity index (χ0) is 26.6. The monoisotopic (exact) mass is 493 g/mol. The van der Waals surface area contributed by atoms with E-state index in [9.17, 15) is 5.26 Å². The second kappa shape index (κ2) is 8.93. The van der Waals surface area contributed by atoms with Crippen LogP contribution in [0.2, 0.25) is 0 Å². The molecule has 0 aliphatic rings. The highest BCUT2D eigenvalue weighted by Gasteiger charge is 2.17. The van der Waals surface area contributed by atoms with Crippen molar-refractivity contribution in [1.29, 1.82) is 5.26 Å². The molecule has 0 saturated carbocycles. The van der Waals surface area contributed by atoms with E-state index in [0.717, 1.165) is 16.7 Å². The third-order valence-corrected chi connectivity index (χ3v) is 7.12. The summed E-state index contributed by atoms with van der Waals surface area (Å²) in [4.78, 5) is 13.4. The molecule has 0 aliphatic heterocycles. The number of aromatic nitrogens is 4. The quantitative estimate of drug-likeness (QED) is 0.253. The number of nitrogens with zero attached hydrogens (tertiary/aromatic N) is 5. The Morgan fingerprint density at radius 3 is 2.08 bits per heavy atom. The number of hydrogen-bond donors (Lipinski definition) is 0. The Morgan fingerprint density at radius 1 is 0.684 bits per heavy atom. The van der Waals surface area contributed by atoms with Crippen LogP contribution in [0.5, 0.6) is 0 Å². The molecule has 6 aromatic rings. The Kier molecular flexibility index (Phi) is 5.54. The number of aryl methyl sites for hydroxylation is 5. The number of fused-ring (bicyclic) bond motifs is 3. The maximum absolute atomic E-state index is 9.89. The molecule has 0 N–H and O–H groups in total. The zero-order valence-electron chi connectivity index (χ0n) is 22.2. The van der Waals surface area contributed by atoms with Gasteiger partial charge < -0.3 is 4.57 Å². The molecule has 2 aromatic heterocycles. The molecule has 4 aromatic carbocycles. The van der Waals surface area contributed by atoms with Crippen LogP contribution >= 0.6 is 0 Å². The highest BCUT2D eigenvalue weighted by Crippen LogP contribution is 2.37. The van der Waals surface area contributed by atoms with Crippen LogP contribution in [0.25, 0.3) is 50.0 Å². The molecule has 0 atom stereocenters. The molecule has 0 fully saturated rings. The lowest BCUT2D eigenvalue weighted by Gasteiger charge is -2.14. The van der Waals surface area contributed by atoms with Crippen molar-refractivity contribution in [3.63, 3.8) is 0 Å². The van der Waals surface area contributed by atoms with Gasteiger partial charge in [0, 0.05) is 22.0 Å². The van der Waals surface area contributed by atoms with Crippen molar-refractivity contribution in [2.24, 2.45) is 0 Å². The molecule has 38 heavy (non-hydrogen) atoms. The topological polar surface area (TPSA) is 67.4 Å². The van der Waals surface area contributed by atoms with Gasteiger partial charge in [-0.2, -0.15) is 5.26 Å². The van der Waals surface area contributed by atoms with Gasteiger partial charge in [-0.1, -0.05) is 48.0 Å². The average Bonchev–Trinajstić information content (AvgIpc) is 3.21. The van der Waals surface area contributed by atoms with Gasteiger partial charge in [0.2, 0.25) is 0 Å². The highest BCUT2D eigenvalue weighted by molar-refractivity contribution is 6.10. The van der Waals surface area contributed by atoms with Crippen LogP contribution in [0.3, 0.4) is 0 Å². The molecule has 0 aliphatic carbocycles. The van der Waals surface area contributed by atoms with Crippen LogP contribution in [0, 0.1) is 45.9 Å². The van der Waals surface area contributed by atoms with Crippen LogP contribution in [0.4, 0.5) is 0 Å². The van der Waals surface area contributed by atoms with Crippen molar-refractivity contribution in [2.75, 3.05) is 0 Å². The lowest BCUT2D eigenvalue weighted by Crippen LogP contribution is -2.02. The molecule has 0 radical (unpaired) electrons. The highest BCUT2D eigenvalue weighted by atomic mass is 15.0. The summed E-state index contributed by atoms with van der Waals surface area (Å²) in [6, 6.07) is 27.9. The normalized spacial score (nSPS) is 11.3. The summed E-state index contributed by atoms with van der Waals surface area (Å²) in [5.41, 5.74) is 10.7. The van der Waals surface area contributed by atoms with E-state index < -0.39 is 0 Å². The number of rotatable bonds is 3. The first-order valence-corrected chi connectivity index (χ1v) is 12.7. The minimum Gasteiger partial charge on any atom is -0.309 e. The average molecular weight is 494 g/mol. The molecule has 2 heterocycles. The van der Waals surface area contributed by atoms with E-state index in [4.69, 9.17) is 0 Å². The van der Waals surface area contributed by atoms with Gasteiger partial charge >= 0.3 is 0 Å². The summed E-state index contributed by atoms with van der Waals surface area (Å²) in [5, 5.41) is 12.3. The van der Waals surface area contributed by atoms with Crippen molar-refractivity contribution in [1.82, 2.24) is 19.5 Å². The Labute approximate surface area is 222 Å². The minimum absolute atomic E-state index is 0.515. The molecule has 0 spiro atoms. The number of para-hydroxylation sites is 1. The van der Waals surface area contributed by atoms with Gasteiger partial charge in [-0.3, -0.25) is 0 Å². The second-order valence-corrected chi connectivity index (χ2v) is 9.95. The summed E-state index contributed by atoms with van der Waals surface area (Å²) in [5.74, 6) is 1.78. The predicted molar refractivity (Wildman–Crippen MR) is 153 cm³/mol. The molecule has 5 nitrogen and oxygen atoms in total. The van der Waals surface area contributed by atoms with Gasteiger partial charge in [-0.15, -0.1) is 0 Å². The summed E-state index contributed by atoms with van der Waals surface area (Å²) in [6.07, 6.45) is 0. The fourth-order valence-electron chi connectivity index (χ4n) is 5.73. The van der Waals surface area contributed by atoms with E-state index in [1.54, 1.807) is 0 Å². The molecular weight excluding hydrogens is 466 g/mol. The van der Waals surface area contributed by atoms with Crippen LogP contribution < -0.4 is 0 Å². The van der Waals surface area contributed by atoms with Crippen LogP contribution in [0.15, 0.2) is 72.8 Å². The van der Waals surface area contributed by atoms with Gasteiger partial charge in [0.15, 0.2) is 5.82 Å². The van der Waals surface area contributed by atoms with Gasteiger partial charge in [0.05, 0.1) is 22.7 Å². The fourth-order valence-corrected chi connectivity index (χ4v) is 5.73. The number of benzene rings is 4. The SMILES string of the molecule is Cc1cc(C)c(-c2ccc3c4ccccc4n(-c4ccc(C#N)c(-c5nc(C)nc(C)n5)c4)c3c2)c(C)c1. The van der Waals surface area contributed by atoms with Gasteiger partial charge in [-0.25, -0.2) is 15.0 Å². The molecule has 6 rings (SSSR count). The van der Waals surface area contributed by atoms with Crippen molar-refractivity contribution in [2.45, 2.75) is 34.6 Å². The van der Waals surface area contributed by atoms with Crippen molar-refractivity contribution >= 4 is 21.8 Å². The fraction of sp³-hybridized carbons (Fsp3) is 0.152. The number of hydrogen-bond acceptors (Lipinski definition) is 4. The molecule has 0 bridgehead atoms. The maximum Gasteiger partial charge on any atom is 0.164 e. The zero-order valence-corrected chi connectivity index (χ0v) is 22.2. The van der Waals surface area contributed by atoms with Crippen LogP contribution in [0.1, 0.15) is 33.9 Å². The van der Waals surface area contributed by atoms with Gasteiger partial charge in [-0.05, 0) is 87.2 Å². The first-order chi connectivity index (χ1) is 18.3. The van der Waals surface area contributed by atoms with E-state index in [1.165, 1.54) is 38.6 Å². The minimum atomic E-state index is 0.515. The largest absolute Gasteiger partial charge is 0.309 e. The summed E-state index contributed by atoms with van der Waals surface area (Å²) < 4.78 is 2.28. The van der Waals surface area contributed by atoms with E-state index in [1.807, 2.05) is 32.0 Å². The Morgan fingerprint density at radius 2 is 1.37 bits per heavy atom. The van der Waals surface area contributed by atoms with E-state index in [0.29, 0.717) is 28.6 Å². The van der Waals surface area contributed by atoms with E-state index >= 15 is 0 Å². The predicted octanol–water partition coefficient (Wildman–Crippen LogP) is 7.72. The van der Waals surface area contributed by atoms with Crippen molar-refractivity contribution in [3.8, 4) is 34.3 Å². The summed E-state index contributed by atoms with van der Waals surface area (Å²) >= 11 is 0. The maximum atomic E-state index is 9.89. The van der Waals surface area contributed by atoms with E-state index in [-0.39, 0.29) is 0 Å². The van der Waals surface area contributed by atoms with Crippen molar-refractivity contribution < 1.29 is 0 Å². The third kappa shape index (κ3) is 3.82. The van der Waals surface area contributed by atoms with E-state index in [2.05, 4.69) is 101 Å². The Hall–Kier alpha value is -4.82. The van der Waals surface area contributed by atoms with Gasteiger partial charge in [0.1, 0.15) is 11.6 Å². The summed E-state index contributed by atoms with van der Waals surface area (Å²) in [7, 11) is 0. The van der Waals surface area contributed by atoms with Crippen LogP contribution in [-0.4, -0.2) is 19.5 Å². The van der Waals surface area contributed by atoms with Gasteiger partial charge in [0.25, 0.3) is 0 Å². The molecule has 0 unspecified atom stereocenters. The molecular formula is C33H27N5. The molecule has 0 saturated heterocycles. The Balaban J connectivity index is 1.65. The summed E-state index contributed by atoms with van der Waals surface area (Å²) in [6.45, 7) is 10.2. The molecule has 5 heteroatoms. The Bertz CT molecular complexity index is 1890. The second-order valence-electron chi connectivity index (χ2n) is 9.95. The lowest BCUT2D eigenvalue weighted by atomic mass is 9.93.